The average molecular weight is 522 g/mol. The Kier molecular flexibility index (Phi) is 5.05. The van der Waals surface area contributed by atoms with E-state index >= 15 is 0 Å². The summed E-state index contributed by atoms with van der Waals surface area (Å²) in [5.41, 5.74) is 4.48. The lowest BCUT2D eigenvalue weighted by Gasteiger charge is -2.18. The number of carbonyl (C=O) groups is 1. The van der Waals surface area contributed by atoms with E-state index in [2.05, 4.69) is 19.9 Å². The van der Waals surface area contributed by atoms with E-state index in [-0.39, 0.29) is 23.1 Å². The number of phenolic OH excluding ortho intramolecular Hbond substituents is 1. The molecule has 0 saturated carbocycles. The fourth-order valence-electron chi connectivity index (χ4n) is 5.62. The number of benzene rings is 3. The number of hydrogen-bond donors (Lipinski definition) is 4. The molecule has 0 bridgehead atoms. The number of fused-ring (bicyclic) bond motifs is 5. The van der Waals surface area contributed by atoms with E-state index in [0.717, 1.165) is 32.1 Å². The Balaban J connectivity index is 1.36. The van der Waals surface area contributed by atoms with Crippen molar-refractivity contribution in [2.24, 2.45) is 0 Å². The van der Waals surface area contributed by atoms with Gasteiger partial charge >= 0.3 is 0 Å². The molecule has 10 heteroatoms. The Bertz CT molecular complexity index is 1950. The largest absolute Gasteiger partial charge is 0.507 e. The van der Waals surface area contributed by atoms with Gasteiger partial charge in [0.2, 0.25) is 0 Å². The van der Waals surface area contributed by atoms with E-state index in [9.17, 15) is 9.90 Å². The quantitative estimate of drug-likeness (QED) is 0.249. The number of carbonyl (C=O) groups excluding carboxylic acids is 1. The lowest BCUT2D eigenvalue weighted by molar-refractivity contribution is 0.0984. The van der Waals surface area contributed by atoms with Crippen molar-refractivity contribution in [3.63, 3.8) is 0 Å². The van der Waals surface area contributed by atoms with Gasteiger partial charge in [-0.3, -0.25) is 10.2 Å². The number of para-hydroxylation sites is 1. The van der Waals surface area contributed by atoms with Gasteiger partial charge in [-0.05, 0) is 29.3 Å². The number of aromatic nitrogens is 5. The second-order valence-corrected chi connectivity index (χ2v) is 10.3. The third kappa shape index (κ3) is 3.33. The van der Waals surface area contributed by atoms with Crippen LogP contribution in [0.1, 0.15) is 22.0 Å². The SMILES string of the molecule is CSc1cccc2cc(C(=O)N3C[C@@H](Cn4cnc(=N)c5[nH]cnc54)c4c3cc(O)c3ccccc43)[nH]c12. The van der Waals surface area contributed by atoms with Gasteiger partial charge in [-0.15, -0.1) is 11.8 Å². The Labute approximate surface area is 220 Å². The van der Waals surface area contributed by atoms with E-state index in [1.807, 2.05) is 59.4 Å². The lowest BCUT2D eigenvalue weighted by atomic mass is 9.94. The summed E-state index contributed by atoms with van der Waals surface area (Å²) in [5, 5.41) is 21.6. The summed E-state index contributed by atoms with van der Waals surface area (Å²) in [6.07, 6.45) is 5.20. The number of anilines is 1. The van der Waals surface area contributed by atoms with Crippen molar-refractivity contribution in [2.45, 2.75) is 17.4 Å². The molecule has 0 radical (unpaired) electrons. The minimum absolute atomic E-state index is 0.0890. The highest BCUT2D eigenvalue weighted by Gasteiger charge is 2.36. The summed E-state index contributed by atoms with van der Waals surface area (Å²) in [6.45, 7) is 0.928. The number of H-pyrrole nitrogens is 2. The van der Waals surface area contributed by atoms with Gasteiger partial charge in [0, 0.05) is 40.7 Å². The third-order valence-electron chi connectivity index (χ3n) is 7.33. The van der Waals surface area contributed by atoms with Crippen molar-refractivity contribution < 1.29 is 9.90 Å². The summed E-state index contributed by atoms with van der Waals surface area (Å²) in [4.78, 5) is 31.8. The standard InChI is InChI=1S/C28H23N7O2S/c1-38-22-8-4-5-15-9-19(33-24(15)22)28(37)35-12-16(11-34-14-32-26(29)25-27(34)31-13-30-25)23-18-7-3-2-6-17(18)21(36)10-20(23)35/h2-10,13-14,16,29,33,36H,11-12H2,1H3,(H,30,31)/t16-/m1/s1. The number of nitrogens with one attached hydrogen (secondary N) is 3. The minimum atomic E-state index is -0.152. The maximum absolute atomic E-state index is 14.0. The second kappa shape index (κ2) is 8.49. The predicted octanol–water partition coefficient (Wildman–Crippen LogP) is 4.75. The van der Waals surface area contributed by atoms with Crippen molar-refractivity contribution >= 4 is 56.2 Å². The molecule has 38 heavy (non-hydrogen) atoms. The van der Waals surface area contributed by atoms with Gasteiger partial charge in [0.15, 0.2) is 11.1 Å². The number of nitrogens with zero attached hydrogens (tertiary/aromatic N) is 4. The zero-order chi connectivity index (χ0) is 26.0. The Morgan fingerprint density at radius 1 is 1.13 bits per heavy atom. The van der Waals surface area contributed by atoms with E-state index in [1.54, 1.807) is 35.4 Å². The highest BCUT2D eigenvalue weighted by atomic mass is 32.2. The molecule has 9 nitrogen and oxygen atoms in total. The van der Waals surface area contributed by atoms with Gasteiger partial charge in [-0.25, -0.2) is 9.97 Å². The van der Waals surface area contributed by atoms with Gasteiger partial charge in [0.05, 0.1) is 23.9 Å². The van der Waals surface area contributed by atoms with Crippen LogP contribution in [-0.2, 0) is 6.54 Å². The number of phenols is 1. The van der Waals surface area contributed by atoms with Gasteiger partial charge in [-0.1, -0.05) is 36.4 Å². The molecule has 1 aliphatic rings. The summed E-state index contributed by atoms with van der Waals surface area (Å²) in [6, 6.07) is 17.3. The second-order valence-electron chi connectivity index (χ2n) is 9.44. The van der Waals surface area contributed by atoms with Gasteiger partial charge in [0.25, 0.3) is 5.91 Å². The molecular formula is C28H23N7O2S. The van der Waals surface area contributed by atoms with E-state index in [0.29, 0.717) is 35.6 Å². The molecule has 0 aliphatic carbocycles. The Morgan fingerprint density at radius 3 is 2.82 bits per heavy atom. The molecule has 3 aromatic heterocycles. The lowest BCUT2D eigenvalue weighted by Crippen LogP contribution is -2.31. The summed E-state index contributed by atoms with van der Waals surface area (Å²) >= 11 is 1.63. The van der Waals surface area contributed by atoms with Crippen LogP contribution in [0.4, 0.5) is 5.69 Å². The maximum atomic E-state index is 14.0. The van der Waals surface area contributed by atoms with Crippen LogP contribution < -0.4 is 10.4 Å². The molecule has 188 valence electrons. The first-order valence-electron chi connectivity index (χ1n) is 12.2. The summed E-state index contributed by atoms with van der Waals surface area (Å²) in [5.74, 6) is -0.100. The van der Waals surface area contributed by atoms with Gasteiger partial charge < -0.3 is 24.5 Å². The van der Waals surface area contributed by atoms with Crippen LogP contribution in [0.15, 0.2) is 72.1 Å². The highest BCUT2D eigenvalue weighted by Crippen LogP contribution is 2.46. The molecule has 1 aliphatic heterocycles. The Morgan fingerprint density at radius 2 is 1.97 bits per heavy atom. The van der Waals surface area contributed by atoms with Crippen molar-refractivity contribution in [3.8, 4) is 5.75 Å². The van der Waals surface area contributed by atoms with Crippen LogP contribution in [0.2, 0.25) is 0 Å². The number of aromatic hydroxyl groups is 1. The van der Waals surface area contributed by atoms with Crippen LogP contribution in [0.25, 0.3) is 32.8 Å². The summed E-state index contributed by atoms with van der Waals surface area (Å²) < 4.78 is 1.92. The van der Waals surface area contributed by atoms with Gasteiger partial charge in [-0.2, -0.15) is 0 Å². The molecule has 0 spiro atoms. The molecule has 1 amide bonds. The molecule has 6 aromatic rings. The Hall–Kier alpha value is -4.57. The zero-order valence-corrected chi connectivity index (χ0v) is 21.2. The molecule has 7 rings (SSSR count). The first-order chi connectivity index (χ1) is 18.5. The minimum Gasteiger partial charge on any atom is -0.507 e. The average Bonchev–Trinajstić information content (AvgIpc) is 3.67. The predicted molar refractivity (Wildman–Crippen MR) is 148 cm³/mol. The molecule has 0 unspecified atom stereocenters. The van der Waals surface area contributed by atoms with Crippen LogP contribution in [0, 0.1) is 5.41 Å². The number of rotatable bonds is 4. The van der Waals surface area contributed by atoms with Crippen molar-refractivity contribution in [1.82, 2.24) is 24.5 Å². The van der Waals surface area contributed by atoms with Crippen LogP contribution in [0.3, 0.4) is 0 Å². The zero-order valence-electron chi connectivity index (χ0n) is 20.4. The molecular weight excluding hydrogens is 498 g/mol. The smallest absolute Gasteiger partial charge is 0.274 e. The van der Waals surface area contributed by atoms with Gasteiger partial charge in [0.1, 0.15) is 17.0 Å². The first kappa shape index (κ1) is 22.6. The van der Waals surface area contributed by atoms with Crippen LogP contribution in [0.5, 0.6) is 5.75 Å². The van der Waals surface area contributed by atoms with E-state index in [4.69, 9.17) is 5.41 Å². The van der Waals surface area contributed by atoms with E-state index < -0.39 is 0 Å². The topological polar surface area (TPSA) is 127 Å². The maximum Gasteiger partial charge on any atom is 0.274 e. The molecule has 0 saturated heterocycles. The monoisotopic (exact) mass is 521 g/mol. The molecule has 0 fully saturated rings. The number of thioether (sulfide) groups is 1. The third-order valence-corrected chi connectivity index (χ3v) is 8.11. The summed E-state index contributed by atoms with van der Waals surface area (Å²) in [7, 11) is 0. The van der Waals surface area contributed by atoms with Crippen LogP contribution >= 0.6 is 11.8 Å². The van der Waals surface area contributed by atoms with Crippen molar-refractivity contribution in [2.75, 3.05) is 17.7 Å². The number of aromatic amines is 2. The molecule has 4 heterocycles. The molecule has 4 N–H and O–H groups in total. The fourth-order valence-corrected chi connectivity index (χ4v) is 6.21. The molecule has 3 aromatic carbocycles. The van der Waals surface area contributed by atoms with E-state index in [1.165, 1.54) is 0 Å². The number of imidazole rings is 1. The highest BCUT2D eigenvalue weighted by molar-refractivity contribution is 7.98. The van der Waals surface area contributed by atoms with Crippen molar-refractivity contribution in [3.05, 3.63) is 84.0 Å². The number of amides is 1. The molecule has 1 atom stereocenters. The normalized spacial score (nSPS) is 15.1. The van der Waals surface area contributed by atoms with Crippen LogP contribution in [-0.4, -0.2) is 48.3 Å². The number of hydrogen-bond acceptors (Lipinski definition) is 6. The van der Waals surface area contributed by atoms with Crippen molar-refractivity contribution in [1.29, 1.82) is 5.41 Å². The first-order valence-corrected chi connectivity index (χ1v) is 13.4. The fraction of sp³-hybridized carbons (Fsp3) is 0.143.